The molecule has 8 heteroatoms. The molecule has 24 heavy (non-hydrogen) atoms. The summed E-state index contributed by atoms with van der Waals surface area (Å²) in [4.78, 5) is 37.9. The molecule has 0 N–H and O–H groups in total. The molecular formula is C16H23N3O5. The summed E-state index contributed by atoms with van der Waals surface area (Å²) in [6, 6.07) is 5.58. The van der Waals surface area contributed by atoms with Crippen molar-refractivity contribution in [3.05, 3.63) is 39.9 Å². The van der Waals surface area contributed by atoms with E-state index in [1.54, 1.807) is 6.92 Å². The highest BCUT2D eigenvalue weighted by molar-refractivity contribution is 5.95. The molecule has 0 heterocycles. The van der Waals surface area contributed by atoms with E-state index in [0.29, 0.717) is 13.1 Å². The van der Waals surface area contributed by atoms with E-state index < -0.39 is 4.92 Å². The van der Waals surface area contributed by atoms with Gasteiger partial charge in [-0.1, -0.05) is 6.07 Å². The molecule has 1 rings (SSSR count). The average molecular weight is 337 g/mol. The normalized spacial score (nSPS) is 10.5. The average Bonchev–Trinajstić information content (AvgIpc) is 2.54. The number of esters is 1. The molecule has 0 spiro atoms. The maximum Gasteiger partial charge on any atom is 0.307 e. The number of hydrogen-bond donors (Lipinski definition) is 0. The smallest absolute Gasteiger partial charge is 0.307 e. The van der Waals surface area contributed by atoms with Crippen LogP contribution in [-0.4, -0.2) is 66.9 Å². The first kappa shape index (κ1) is 19.6. The molecule has 0 aromatic heterocycles. The van der Waals surface area contributed by atoms with Gasteiger partial charge in [-0.3, -0.25) is 19.7 Å². The number of nitrogens with zero attached hydrogens (tertiary/aromatic N) is 3. The van der Waals surface area contributed by atoms with Crippen molar-refractivity contribution in [1.29, 1.82) is 0 Å². The minimum absolute atomic E-state index is 0.0853. The quantitative estimate of drug-likeness (QED) is 0.386. The molecule has 0 aliphatic carbocycles. The summed E-state index contributed by atoms with van der Waals surface area (Å²) in [6.07, 6.45) is 0.0853. The van der Waals surface area contributed by atoms with Crippen LogP contribution in [0.4, 0.5) is 5.69 Å². The fourth-order valence-corrected chi connectivity index (χ4v) is 2.03. The maximum absolute atomic E-state index is 12.6. The van der Waals surface area contributed by atoms with Gasteiger partial charge in [0.25, 0.3) is 11.6 Å². The van der Waals surface area contributed by atoms with Gasteiger partial charge in [0.2, 0.25) is 0 Å². The molecule has 1 aromatic carbocycles. The summed E-state index contributed by atoms with van der Waals surface area (Å²) in [7, 11) is 3.75. The number of carbonyl (C=O) groups excluding carboxylic acids is 2. The third-order valence-corrected chi connectivity index (χ3v) is 3.30. The van der Waals surface area contributed by atoms with Crippen LogP contribution in [0.1, 0.15) is 23.7 Å². The highest BCUT2D eigenvalue weighted by atomic mass is 16.6. The van der Waals surface area contributed by atoms with Crippen molar-refractivity contribution < 1.29 is 19.2 Å². The molecule has 0 fully saturated rings. The zero-order chi connectivity index (χ0) is 18.1. The summed E-state index contributed by atoms with van der Waals surface area (Å²) in [5, 5.41) is 10.9. The second-order valence-corrected chi connectivity index (χ2v) is 5.46. The number of benzene rings is 1. The lowest BCUT2D eigenvalue weighted by Gasteiger charge is -2.24. The topological polar surface area (TPSA) is 93.0 Å². The van der Waals surface area contributed by atoms with Crippen LogP contribution in [-0.2, 0) is 9.53 Å². The lowest BCUT2D eigenvalue weighted by Crippen LogP contribution is -2.38. The van der Waals surface area contributed by atoms with Crippen molar-refractivity contribution in [2.45, 2.75) is 13.3 Å². The van der Waals surface area contributed by atoms with Gasteiger partial charge in [0.1, 0.15) is 0 Å². The largest absolute Gasteiger partial charge is 0.466 e. The number of ether oxygens (including phenoxy) is 1. The molecule has 0 atom stereocenters. The Labute approximate surface area is 141 Å². The molecule has 8 nitrogen and oxygen atoms in total. The third kappa shape index (κ3) is 6.33. The predicted octanol–water partition coefficient (Wildman–Crippen LogP) is 1.55. The molecule has 0 aliphatic heterocycles. The van der Waals surface area contributed by atoms with Gasteiger partial charge in [0, 0.05) is 37.3 Å². The number of nitro benzene ring substituents is 1. The zero-order valence-electron chi connectivity index (χ0n) is 14.2. The third-order valence-electron chi connectivity index (χ3n) is 3.30. The van der Waals surface area contributed by atoms with Crippen LogP contribution in [0.25, 0.3) is 0 Å². The molecule has 1 amide bonds. The Morgan fingerprint density at radius 3 is 2.50 bits per heavy atom. The summed E-state index contributed by atoms with van der Waals surface area (Å²) >= 11 is 0. The Kier molecular flexibility index (Phi) is 7.84. The van der Waals surface area contributed by atoms with Gasteiger partial charge in [-0.25, -0.2) is 0 Å². The first-order chi connectivity index (χ1) is 11.3. The molecular weight excluding hydrogens is 314 g/mol. The lowest BCUT2D eigenvalue weighted by atomic mass is 10.1. The molecule has 0 bridgehead atoms. The number of non-ortho nitro benzene ring substituents is 1. The van der Waals surface area contributed by atoms with Crippen molar-refractivity contribution in [1.82, 2.24) is 9.80 Å². The van der Waals surface area contributed by atoms with Gasteiger partial charge >= 0.3 is 5.97 Å². The minimum atomic E-state index is -0.542. The van der Waals surface area contributed by atoms with E-state index in [1.165, 1.54) is 29.2 Å². The van der Waals surface area contributed by atoms with Gasteiger partial charge < -0.3 is 14.5 Å². The van der Waals surface area contributed by atoms with Crippen molar-refractivity contribution in [2.75, 3.05) is 40.3 Å². The van der Waals surface area contributed by atoms with Gasteiger partial charge in [-0.15, -0.1) is 0 Å². The van der Waals surface area contributed by atoms with Crippen LogP contribution >= 0.6 is 0 Å². The molecule has 0 radical (unpaired) electrons. The monoisotopic (exact) mass is 337 g/mol. The van der Waals surface area contributed by atoms with E-state index >= 15 is 0 Å². The molecule has 0 saturated heterocycles. The van der Waals surface area contributed by atoms with E-state index in [9.17, 15) is 19.7 Å². The molecule has 0 aliphatic rings. The molecule has 132 valence electrons. The lowest BCUT2D eigenvalue weighted by molar-refractivity contribution is -0.384. The van der Waals surface area contributed by atoms with Crippen LogP contribution in [0.15, 0.2) is 24.3 Å². The fraction of sp³-hybridized carbons (Fsp3) is 0.500. The number of amides is 1. The second kappa shape index (κ2) is 9.61. The Hall–Kier alpha value is -2.48. The number of hydrogen-bond acceptors (Lipinski definition) is 6. The van der Waals surface area contributed by atoms with Crippen molar-refractivity contribution in [3.8, 4) is 0 Å². The number of rotatable bonds is 9. The van der Waals surface area contributed by atoms with E-state index in [2.05, 4.69) is 0 Å². The Balaban J connectivity index is 2.87. The molecule has 1 aromatic rings. The van der Waals surface area contributed by atoms with Gasteiger partial charge in [0.15, 0.2) is 0 Å². The van der Waals surface area contributed by atoms with Gasteiger partial charge in [-0.2, -0.15) is 0 Å². The van der Waals surface area contributed by atoms with Crippen LogP contribution in [0.5, 0.6) is 0 Å². The highest BCUT2D eigenvalue weighted by Gasteiger charge is 2.19. The number of carbonyl (C=O) groups is 2. The first-order valence-electron chi connectivity index (χ1n) is 7.69. The minimum Gasteiger partial charge on any atom is -0.466 e. The Morgan fingerprint density at radius 1 is 1.21 bits per heavy atom. The zero-order valence-corrected chi connectivity index (χ0v) is 14.2. The summed E-state index contributed by atoms with van der Waals surface area (Å²) < 4.78 is 4.88. The first-order valence-corrected chi connectivity index (χ1v) is 7.69. The summed E-state index contributed by atoms with van der Waals surface area (Å²) in [6.45, 7) is 3.23. The van der Waals surface area contributed by atoms with Gasteiger partial charge in [0.05, 0.1) is 18.0 Å². The molecule has 0 unspecified atom stereocenters. The van der Waals surface area contributed by atoms with E-state index in [1.807, 2.05) is 19.0 Å². The van der Waals surface area contributed by atoms with E-state index in [4.69, 9.17) is 4.74 Å². The van der Waals surface area contributed by atoms with Gasteiger partial charge in [-0.05, 0) is 27.1 Å². The summed E-state index contributed by atoms with van der Waals surface area (Å²) in [5.41, 5.74) is 0.0885. The van der Waals surface area contributed by atoms with E-state index in [0.717, 1.165) is 0 Å². The number of nitro groups is 1. The summed E-state index contributed by atoms with van der Waals surface area (Å²) in [5.74, 6) is -0.718. The van der Waals surface area contributed by atoms with Crippen LogP contribution in [0.2, 0.25) is 0 Å². The SMILES string of the molecule is CCOC(=O)CCN(CCN(C)C)C(=O)c1cccc([N+](=O)[O-])c1. The molecule has 0 saturated carbocycles. The maximum atomic E-state index is 12.6. The van der Waals surface area contributed by atoms with Crippen LogP contribution in [0.3, 0.4) is 0 Å². The Morgan fingerprint density at radius 2 is 1.92 bits per heavy atom. The van der Waals surface area contributed by atoms with E-state index in [-0.39, 0.29) is 42.7 Å². The van der Waals surface area contributed by atoms with Crippen molar-refractivity contribution >= 4 is 17.6 Å². The second-order valence-electron chi connectivity index (χ2n) is 5.46. The highest BCUT2D eigenvalue weighted by Crippen LogP contribution is 2.15. The van der Waals surface area contributed by atoms with Crippen molar-refractivity contribution in [2.24, 2.45) is 0 Å². The number of likely N-dealkylation sites (N-methyl/N-ethyl adjacent to an activating group) is 1. The van der Waals surface area contributed by atoms with Crippen molar-refractivity contribution in [3.63, 3.8) is 0 Å². The standard InChI is InChI=1S/C16H23N3O5/c1-4-24-15(20)8-9-18(11-10-17(2)3)16(21)13-6-5-7-14(12-13)19(22)23/h5-7,12H,4,8-11H2,1-3H3. The predicted molar refractivity (Wildman–Crippen MR) is 88.8 cm³/mol. The fourth-order valence-electron chi connectivity index (χ4n) is 2.03. The van der Waals surface area contributed by atoms with Crippen LogP contribution < -0.4 is 0 Å². The Bertz CT molecular complexity index is 589. The van der Waals surface area contributed by atoms with Crippen LogP contribution in [0, 0.1) is 10.1 Å².